The average Bonchev–Trinajstić information content (AvgIpc) is 3.46. The van der Waals surface area contributed by atoms with Crippen molar-refractivity contribution in [2.24, 2.45) is 0 Å². The number of amides is 1. The molecule has 0 saturated heterocycles. The number of allylic oxidation sites excluding steroid dienone is 5. The Kier molecular flexibility index (Phi) is 67.9. The van der Waals surface area contributed by atoms with Gasteiger partial charge in [0.2, 0.25) is 5.91 Å². The van der Waals surface area contributed by atoms with E-state index in [-0.39, 0.29) is 18.5 Å². The third-order valence-electron chi connectivity index (χ3n) is 16.9. The first-order valence-corrected chi connectivity index (χ1v) is 36.3. The van der Waals surface area contributed by atoms with Crippen LogP contribution in [0.1, 0.15) is 399 Å². The maximum atomic E-state index is 12.5. The van der Waals surface area contributed by atoms with E-state index < -0.39 is 12.1 Å². The lowest BCUT2D eigenvalue weighted by Crippen LogP contribution is -2.45. The molecule has 1 amide bonds. The van der Waals surface area contributed by atoms with Gasteiger partial charge in [-0.1, -0.05) is 359 Å². The average molecular weight is 1120 g/mol. The van der Waals surface area contributed by atoms with Gasteiger partial charge >= 0.3 is 5.97 Å². The molecule has 472 valence electrons. The molecule has 0 aliphatic rings. The molecule has 0 aromatic carbocycles. The zero-order valence-corrected chi connectivity index (χ0v) is 54.1. The lowest BCUT2D eigenvalue weighted by atomic mass is 10.0. The van der Waals surface area contributed by atoms with Crippen LogP contribution >= 0.6 is 0 Å². The molecule has 0 spiro atoms. The van der Waals surface area contributed by atoms with E-state index in [2.05, 4.69) is 43.5 Å². The second kappa shape index (κ2) is 69.6. The normalized spacial score (nSPS) is 12.7. The van der Waals surface area contributed by atoms with Crippen molar-refractivity contribution in [3.05, 3.63) is 36.5 Å². The number of hydrogen-bond donors (Lipinski definition) is 3. The largest absolute Gasteiger partial charge is 0.466 e. The van der Waals surface area contributed by atoms with E-state index in [1.54, 1.807) is 6.08 Å². The summed E-state index contributed by atoms with van der Waals surface area (Å²) < 4.78 is 5.50. The van der Waals surface area contributed by atoms with Crippen molar-refractivity contribution >= 4 is 11.9 Å². The standard InChI is InChI=1S/C74H141NO5/c1-3-5-7-9-11-13-15-17-19-21-23-24-25-26-27-28-31-34-38-42-46-50-54-58-62-66-72(77)71(70-76)75-73(78)67-63-59-55-51-47-43-39-35-32-29-33-37-41-45-49-53-57-61-65-69-80-74(79)68-64-60-56-52-48-44-40-36-30-22-20-18-16-14-12-10-8-6-4-2/h12,14,18,20,62,66,71-72,76-77H,3-11,13,15-17,19,21-61,63-65,67-70H2,1-2H3,(H,75,78)/b14-12-,20-18-,66-62+. The summed E-state index contributed by atoms with van der Waals surface area (Å²) in [5.74, 6) is -0.0612. The number of rotatable bonds is 68. The molecule has 0 aromatic heterocycles. The van der Waals surface area contributed by atoms with Gasteiger partial charge in [-0.25, -0.2) is 0 Å². The van der Waals surface area contributed by atoms with E-state index >= 15 is 0 Å². The van der Waals surface area contributed by atoms with Gasteiger partial charge in [-0.05, 0) is 64.2 Å². The summed E-state index contributed by atoms with van der Waals surface area (Å²) in [5, 5.41) is 23.3. The van der Waals surface area contributed by atoms with Crippen LogP contribution in [0.3, 0.4) is 0 Å². The Balaban J connectivity index is 3.42. The third kappa shape index (κ3) is 65.2. The van der Waals surface area contributed by atoms with E-state index in [9.17, 15) is 19.8 Å². The molecular weight excluding hydrogens is 983 g/mol. The van der Waals surface area contributed by atoms with Gasteiger partial charge < -0.3 is 20.3 Å². The Hall–Kier alpha value is -1.92. The van der Waals surface area contributed by atoms with Gasteiger partial charge in [-0.2, -0.15) is 0 Å². The lowest BCUT2D eigenvalue weighted by Gasteiger charge is -2.20. The number of esters is 1. The monoisotopic (exact) mass is 1120 g/mol. The predicted molar refractivity (Wildman–Crippen MR) is 352 cm³/mol. The van der Waals surface area contributed by atoms with Crippen LogP contribution in [-0.2, 0) is 14.3 Å². The maximum absolute atomic E-state index is 12.5. The van der Waals surface area contributed by atoms with Crippen molar-refractivity contribution in [3.63, 3.8) is 0 Å². The van der Waals surface area contributed by atoms with Crippen LogP contribution in [0.4, 0.5) is 0 Å². The van der Waals surface area contributed by atoms with Crippen molar-refractivity contribution in [2.45, 2.75) is 411 Å². The SMILES string of the molecule is CCCCC/C=C\C/C=C\CCCCCCCCCCCC(=O)OCCCCCCCCCCCCCCCCCCCCCC(=O)NC(CO)C(O)/C=C/CCCCCCCCCCCCCCCCCCCCCCCCC. The molecule has 3 N–H and O–H groups in total. The fourth-order valence-corrected chi connectivity index (χ4v) is 11.4. The Morgan fingerprint density at radius 2 is 0.625 bits per heavy atom. The predicted octanol–water partition coefficient (Wildman–Crippen LogP) is 23.5. The summed E-state index contributed by atoms with van der Waals surface area (Å²) in [6, 6.07) is -0.632. The van der Waals surface area contributed by atoms with Crippen LogP contribution in [-0.4, -0.2) is 47.4 Å². The molecule has 0 radical (unpaired) electrons. The van der Waals surface area contributed by atoms with E-state index in [4.69, 9.17) is 4.74 Å². The molecule has 0 heterocycles. The molecule has 0 rings (SSSR count). The van der Waals surface area contributed by atoms with Gasteiger partial charge in [0, 0.05) is 12.8 Å². The molecule has 0 aliphatic carbocycles. The van der Waals surface area contributed by atoms with E-state index in [1.807, 2.05) is 6.08 Å². The van der Waals surface area contributed by atoms with Crippen molar-refractivity contribution in [1.82, 2.24) is 5.32 Å². The summed E-state index contributed by atoms with van der Waals surface area (Å²) in [6.07, 6.45) is 89.3. The van der Waals surface area contributed by atoms with Crippen LogP contribution in [0.15, 0.2) is 36.5 Å². The molecular formula is C74H141NO5. The number of carbonyl (C=O) groups is 2. The van der Waals surface area contributed by atoms with Crippen molar-refractivity contribution < 1.29 is 24.5 Å². The maximum Gasteiger partial charge on any atom is 0.305 e. The zero-order valence-electron chi connectivity index (χ0n) is 54.1. The van der Waals surface area contributed by atoms with E-state index in [0.29, 0.717) is 19.4 Å². The first-order valence-electron chi connectivity index (χ1n) is 36.3. The van der Waals surface area contributed by atoms with Gasteiger partial charge in [0.15, 0.2) is 0 Å². The third-order valence-corrected chi connectivity index (χ3v) is 16.9. The van der Waals surface area contributed by atoms with Crippen molar-refractivity contribution in [2.75, 3.05) is 13.2 Å². The highest BCUT2D eigenvalue weighted by atomic mass is 16.5. The highest BCUT2D eigenvalue weighted by Crippen LogP contribution is 2.19. The Labute approximate surface area is 500 Å². The number of aliphatic hydroxyl groups is 2. The first-order chi connectivity index (χ1) is 39.5. The van der Waals surface area contributed by atoms with Gasteiger partial charge in [0.05, 0.1) is 25.4 Å². The van der Waals surface area contributed by atoms with Crippen LogP contribution in [0.25, 0.3) is 0 Å². The Bertz CT molecular complexity index is 1300. The molecule has 2 atom stereocenters. The Morgan fingerprint density at radius 3 is 0.975 bits per heavy atom. The fourth-order valence-electron chi connectivity index (χ4n) is 11.4. The summed E-state index contributed by atoms with van der Waals surface area (Å²) >= 11 is 0. The minimum absolute atomic E-state index is 0.00544. The molecule has 80 heavy (non-hydrogen) atoms. The van der Waals surface area contributed by atoms with E-state index in [0.717, 1.165) is 51.4 Å². The lowest BCUT2D eigenvalue weighted by molar-refractivity contribution is -0.143. The van der Waals surface area contributed by atoms with Crippen LogP contribution in [0, 0.1) is 0 Å². The topological polar surface area (TPSA) is 95.9 Å². The smallest absolute Gasteiger partial charge is 0.305 e. The number of unbranched alkanes of at least 4 members (excludes halogenated alkanes) is 53. The highest BCUT2D eigenvalue weighted by Gasteiger charge is 2.18. The molecule has 6 heteroatoms. The van der Waals surface area contributed by atoms with Gasteiger partial charge in [0.1, 0.15) is 0 Å². The molecule has 0 bridgehead atoms. The van der Waals surface area contributed by atoms with Crippen LogP contribution < -0.4 is 5.32 Å². The summed E-state index contributed by atoms with van der Waals surface area (Å²) in [7, 11) is 0. The van der Waals surface area contributed by atoms with Gasteiger partial charge in [0.25, 0.3) is 0 Å². The minimum atomic E-state index is -0.849. The number of nitrogens with one attached hydrogen (secondary N) is 1. The first kappa shape index (κ1) is 78.1. The Morgan fingerprint density at radius 1 is 0.350 bits per heavy atom. The second-order valence-electron chi connectivity index (χ2n) is 24.9. The quantitative estimate of drug-likeness (QED) is 0.0320. The number of carbonyl (C=O) groups excluding carboxylic acids is 2. The molecule has 0 aliphatic heterocycles. The van der Waals surface area contributed by atoms with E-state index in [1.165, 1.54) is 321 Å². The highest BCUT2D eigenvalue weighted by molar-refractivity contribution is 5.76. The molecule has 0 aromatic rings. The molecule has 6 nitrogen and oxygen atoms in total. The minimum Gasteiger partial charge on any atom is -0.466 e. The van der Waals surface area contributed by atoms with Crippen LogP contribution in [0.5, 0.6) is 0 Å². The fraction of sp³-hybridized carbons (Fsp3) is 0.892. The second-order valence-corrected chi connectivity index (χ2v) is 24.9. The number of ether oxygens (including phenoxy) is 1. The van der Waals surface area contributed by atoms with Crippen molar-refractivity contribution in [3.8, 4) is 0 Å². The number of hydrogen-bond acceptors (Lipinski definition) is 5. The summed E-state index contributed by atoms with van der Waals surface area (Å²) in [5.41, 5.74) is 0. The zero-order chi connectivity index (χ0) is 57.8. The molecule has 0 saturated carbocycles. The summed E-state index contributed by atoms with van der Waals surface area (Å²) in [6.45, 7) is 4.91. The summed E-state index contributed by atoms with van der Waals surface area (Å²) in [4.78, 5) is 24.7. The molecule has 2 unspecified atom stereocenters. The van der Waals surface area contributed by atoms with Crippen molar-refractivity contribution in [1.29, 1.82) is 0 Å². The molecule has 0 fully saturated rings. The van der Waals surface area contributed by atoms with Crippen LogP contribution in [0.2, 0.25) is 0 Å². The van der Waals surface area contributed by atoms with Gasteiger partial charge in [-0.3, -0.25) is 9.59 Å². The number of aliphatic hydroxyl groups excluding tert-OH is 2. The van der Waals surface area contributed by atoms with Gasteiger partial charge in [-0.15, -0.1) is 0 Å².